The molecule has 0 aromatic carbocycles. The van der Waals surface area contributed by atoms with E-state index in [1.54, 1.807) is 0 Å². The van der Waals surface area contributed by atoms with Crippen LogP contribution in [0.2, 0.25) is 0 Å². The predicted molar refractivity (Wildman–Crippen MR) is 208 cm³/mol. The lowest BCUT2D eigenvalue weighted by Crippen LogP contribution is -2.28. The lowest BCUT2D eigenvalue weighted by atomic mass is 10.1. The third-order valence-corrected chi connectivity index (χ3v) is 8.10. The van der Waals surface area contributed by atoms with Crippen molar-refractivity contribution in [3.05, 3.63) is 72.9 Å². The molecule has 1 amide bonds. The van der Waals surface area contributed by atoms with Crippen molar-refractivity contribution in [2.24, 2.45) is 0 Å². The van der Waals surface area contributed by atoms with Crippen LogP contribution < -0.4 is 5.32 Å². The van der Waals surface area contributed by atoms with Crippen molar-refractivity contribution in [3.63, 3.8) is 0 Å². The Morgan fingerprint density at radius 3 is 1.65 bits per heavy atom. The molecule has 0 aliphatic rings. The Hall–Kier alpha value is -3.15. The zero-order valence-corrected chi connectivity index (χ0v) is 31.3. The molecule has 0 heterocycles. The second-order valence-electron chi connectivity index (χ2n) is 12.8. The monoisotopic (exact) mass is 682 g/mol. The number of carboxylic acids is 1. The normalized spacial score (nSPS) is 12.9. The highest BCUT2D eigenvalue weighted by Crippen LogP contribution is 2.14. The first-order valence-corrected chi connectivity index (χ1v) is 19.6. The molecule has 49 heavy (non-hydrogen) atoms. The molecule has 0 radical (unpaired) electrons. The van der Waals surface area contributed by atoms with Gasteiger partial charge in [-0.15, -0.1) is 0 Å². The second kappa shape index (κ2) is 37.7. The van der Waals surface area contributed by atoms with Crippen LogP contribution in [-0.2, 0) is 19.1 Å². The number of esters is 1. The van der Waals surface area contributed by atoms with Gasteiger partial charge in [0.2, 0.25) is 5.91 Å². The van der Waals surface area contributed by atoms with Crippen LogP contribution in [0.3, 0.4) is 0 Å². The first kappa shape index (κ1) is 45.9. The van der Waals surface area contributed by atoms with E-state index in [2.05, 4.69) is 86.0 Å². The number of allylic oxidation sites excluding steroid dienone is 11. The molecule has 1 unspecified atom stereocenters. The van der Waals surface area contributed by atoms with Crippen LogP contribution in [0.15, 0.2) is 72.9 Å². The van der Waals surface area contributed by atoms with Crippen LogP contribution in [0.5, 0.6) is 0 Å². The zero-order valence-electron chi connectivity index (χ0n) is 31.3. The molecule has 0 bridgehead atoms. The standard InChI is InChI=1S/C43H71NO5/c1-3-5-7-9-11-13-15-16-17-18-19-20-21-23-25-27-29-34-38-43(48)49-40(36-32-30-33-37-41(45)44-39-42(46)47)35-31-28-26-24-22-14-12-10-8-6-4-2/h6,8,12-15,17-18,24,26,31,35,40H,3-5,7,9-11,16,19-23,25,27-30,32-34,36-39H2,1-2H3,(H,44,45)(H,46,47)/b8-6-,14-12-,15-13-,18-17-,26-24-,35-31-. The van der Waals surface area contributed by atoms with Gasteiger partial charge in [-0.3, -0.25) is 14.4 Å². The second-order valence-corrected chi connectivity index (χ2v) is 12.8. The molecule has 0 aromatic rings. The van der Waals surface area contributed by atoms with Gasteiger partial charge >= 0.3 is 11.9 Å². The zero-order chi connectivity index (χ0) is 35.9. The van der Waals surface area contributed by atoms with Gasteiger partial charge in [-0.05, 0) is 89.5 Å². The minimum atomic E-state index is -1.04. The molecule has 0 fully saturated rings. The van der Waals surface area contributed by atoms with Gasteiger partial charge in [0.15, 0.2) is 0 Å². The number of aliphatic carboxylic acids is 1. The Bertz CT molecular complexity index is 975. The fourth-order valence-corrected chi connectivity index (χ4v) is 5.22. The molecule has 0 aromatic heterocycles. The molecule has 2 N–H and O–H groups in total. The summed E-state index contributed by atoms with van der Waals surface area (Å²) in [6, 6.07) is 0. The van der Waals surface area contributed by atoms with Gasteiger partial charge < -0.3 is 15.2 Å². The molecule has 0 aliphatic carbocycles. The Morgan fingerprint density at radius 2 is 1.06 bits per heavy atom. The van der Waals surface area contributed by atoms with E-state index in [1.165, 1.54) is 64.2 Å². The van der Waals surface area contributed by atoms with Crippen molar-refractivity contribution in [2.45, 2.75) is 174 Å². The number of hydrogen-bond acceptors (Lipinski definition) is 4. The average molecular weight is 682 g/mol. The van der Waals surface area contributed by atoms with E-state index >= 15 is 0 Å². The number of unbranched alkanes of at least 4 members (excludes halogenated alkanes) is 13. The molecule has 0 spiro atoms. The molecule has 278 valence electrons. The van der Waals surface area contributed by atoms with E-state index in [0.29, 0.717) is 25.7 Å². The lowest BCUT2D eigenvalue weighted by molar-refractivity contribution is -0.147. The van der Waals surface area contributed by atoms with E-state index < -0.39 is 5.97 Å². The van der Waals surface area contributed by atoms with Gasteiger partial charge in [0.05, 0.1) is 0 Å². The quantitative estimate of drug-likeness (QED) is 0.0400. The molecule has 0 saturated carbocycles. The van der Waals surface area contributed by atoms with E-state index in [9.17, 15) is 14.4 Å². The van der Waals surface area contributed by atoms with E-state index in [1.807, 2.05) is 6.08 Å². The van der Waals surface area contributed by atoms with Crippen LogP contribution in [-0.4, -0.2) is 35.6 Å². The molecular formula is C43H71NO5. The third kappa shape index (κ3) is 37.5. The fraction of sp³-hybridized carbons (Fsp3) is 0.651. The number of carbonyl (C=O) groups is 3. The van der Waals surface area contributed by atoms with E-state index in [-0.39, 0.29) is 24.5 Å². The number of carbonyl (C=O) groups excluding carboxylic acids is 2. The van der Waals surface area contributed by atoms with Crippen molar-refractivity contribution in [3.8, 4) is 0 Å². The largest absolute Gasteiger partial charge is 0.480 e. The number of amides is 1. The summed E-state index contributed by atoms with van der Waals surface area (Å²) in [5, 5.41) is 11.1. The van der Waals surface area contributed by atoms with Crippen LogP contribution in [0.1, 0.15) is 168 Å². The van der Waals surface area contributed by atoms with Crippen molar-refractivity contribution >= 4 is 17.8 Å². The number of nitrogens with one attached hydrogen (secondary N) is 1. The Balaban J connectivity index is 4.26. The van der Waals surface area contributed by atoms with Gasteiger partial charge in [-0.2, -0.15) is 0 Å². The predicted octanol–water partition coefficient (Wildman–Crippen LogP) is 11.8. The number of ether oxygens (including phenoxy) is 1. The van der Waals surface area contributed by atoms with Crippen LogP contribution in [0.4, 0.5) is 0 Å². The summed E-state index contributed by atoms with van der Waals surface area (Å²) in [7, 11) is 0. The SMILES string of the molecule is CC/C=C\C/C=C\C/C=C\C/C=C\C(CCCCCC(=O)NCC(=O)O)OC(=O)CCCCCCCCC/C=C\C/C=C\CCCCCC. The summed E-state index contributed by atoms with van der Waals surface area (Å²) >= 11 is 0. The summed E-state index contributed by atoms with van der Waals surface area (Å²) in [5.41, 5.74) is 0. The maximum atomic E-state index is 12.6. The van der Waals surface area contributed by atoms with Crippen LogP contribution in [0.25, 0.3) is 0 Å². The fourth-order valence-electron chi connectivity index (χ4n) is 5.22. The average Bonchev–Trinajstić information content (AvgIpc) is 3.08. The lowest BCUT2D eigenvalue weighted by Gasteiger charge is -2.14. The molecular weight excluding hydrogens is 610 g/mol. The van der Waals surface area contributed by atoms with Gasteiger partial charge in [-0.1, -0.05) is 138 Å². The summed E-state index contributed by atoms with van der Waals surface area (Å²) < 4.78 is 5.85. The molecule has 0 aliphatic heterocycles. The van der Waals surface area contributed by atoms with Gasteiger partial charge in [0.25, 0.3) is 0 Å². The smallest absolute Gasteiger partial charge is 0.322 e. The number of rotatable bonds is 34. The molecule has 6 heteroatoms. The number of hydrogen-bond donors (Lipinski definition) is 2. The molecule has 1 atom stereocenters. The Labute approximate surface area is 300 Å². The van der Waals surface area contributed by atoms with Crippen LogP contribution >= 0.6 is 0 Å². The Morgan fingerprint density at radius 1 is 0.571 bits per heavy atom. The highest BCUT2D eigenvalue weighted by Gasteiger charge is 2.12. The molecule has 6 nitrogen and oxygen atoms in total. The summed E-state index contributed by atoms with van der Waals surface area (Å²) in [5.74, 6) is -1.43. The summed E-state index contributed by atoms with van der Waals surface area (Å²) in [4.78, 5) is 35.0. The van der Waals surface area contributed by atoms with Crippen molar-refractivity contribution in [1.29, 1.82) is 0 Å². The Kier molecular flexibility index (Phi) is 35.2. The topological polar surface area (TPSA) is 92.7 Å². The first-order valence-electron chi connectivity index (χ1n) is 19.6. The van der Waals surface area contributed by atoms with Crippen molar-refractivity contribution in [2.75, 3.05) is 6.54 Å². The maximum absolute atomic E-state index is 12.6. The van der Waals surface area contributed by atoms with Crippen LogP contribution in [0, 0.1) is 0 Å². The minimum absolute atomic E-state index is 0.140. The third-order valence-electron chi connectivity index (χ3n) is 8.10. The highest BCUT2D eigenvalue weighted by atomic mass is 16.5. The van der Waals surface area contributed by atoms with Gasteiger partial charge in [0.1, 0.15) is 12.6 Å². The maximum Gasteiger partial charge on any atom is 0.322 e. The minimum Gasteiger partial charge on any atom is -0.480 e. The van der Waals surface area contributed by atoms with Gasteiger partial charge in [0, 0.05) is 12.8 Å². The summed E-state index contributed by atoms with van der Waals surface area (Å²) in [6.07, 6.45) is 50.3. The van der Waals surface area contributed by atoms with Crippen molar-refractivity contribution < 1.29 is 24.2 Å². The molecule has 0 saturated heterocycles. The van der Waals surface area contributed by atoms with E-state index in [0.717, 1.165) is 64.2 Å². The number of carboxylic acid groups (broad SMARTS) is 1. The molecule has 0 rings (SSSR count). The summed E-state index contributed by atoms with van der Waals surface area (Å²) in [6.45, 7) is 4.04. The van der Waals surface area contributed by atoms with Crippen molar-refractivity contribution in [1.82, 2.24) is 5.32 Å². The highest BCUT2D eigenvalue weighted by molar-refractivity contribution is 5.80. The van der Waals surface area contributed by atoms with E-state index in [4.69, 9.17) is 9.84 Å². The first-order chi connectivity index (χ1) is 24.0. The van der Waals surface area contributed by atoms with Gasteiger partial charge in [-0.25, -0.2) is 0 Å².